The standard InChI is InChI=1S/C24H28N4O3/c1-15(2)14-31-24(30)28-10-8-17(9-11-28)21-19-12-18(16-6-4-3-5-7-16)13-20(23(25)29)22(19)27-26-21/h3-7,12-13,15,17H,8-11,14H2,1-2H3,(H2,25,29)(H,26,27). The number of likely N-dealkylation sites (tertiary alicyclic amines) is 1. The number of H-pyrrole nitrogens is 1. The van der Waals surface area contributed by atoms with Crippen molar-refractivity contribution in [2.24, 2.45) is 11.7 Å². The Hall–Kier alpha value is -3.35. The minimum absolute atomic E-state index is 0.189. The summed E-state index contributed by atoms with van der Waals surface area (Å²) in [4.78, 5) is 26.1. The van der Waals surface area contributed by atoms with Gasteiger partial charge >= 0.3 is 6.09 Å². The third-order valence-electron chi connectivity index (χ3n) is 5.76. The molecule has 0 atom stereocenters. The first-order valence-corrected chi connectivity index (χ1v) is 10.7. The van der Waals surface area contributed by atoms with E-state index >= 15 is 0 Å². The van der Waals surface area contributed by atoms with Gasteiger partial charge in [-0.05, 0) is 42.0 Å². The van der Waals surface area contributed by atoms with Crippen LogP contribution in [-0.2, 0) is 4.74 Å². The number of hydrogen-bond donors (Lipinski definition) is 2. The summed E-state index contributed by atoms with van der Waals surface area (Å²) >= 11 is 0. The largest absolute Gasteiger partial charge is 0.449 e. The fraction of sp³-hybridized carbons (Fsp3) is 0.375. The molecule has 31 heavy (non-hydrogen) atoms. The van der Waals surface area contributed by atoms with Gasteiger partial charge in [-0.25, -0.2) is 4.79 Å². The first-order chi connectivity index (χ1) is 14.9. The first-order valence-electron chi connectivity index (χ1n) is 10.7. The second-order valence-corrected chi connectivity index (χ2v) is 8.52. The van der Waals surface area contributed by atoms with Crippen LogP contribution in [0, 0.1) is 5.92 Å². The van der Waals surface area contributed by atoms with Crippen molar-refractivity contribution in [3.05, 3.63) is 53.7 Å². The molecule has 2 heterocycles. The van der Waals surface area contributed by atoms with Crippen molar-refractivity contribution in [3.63, 3.8) is 0 Å². The van der Waals surface area contributed by atoms with Gasteiger partial charge in [0.15, 0.2) is 0 Å². The maximum Gasteiger partial charge on any atom is 0.409 e. The molecule has 1 aliphatic rings. The van der Waals surface area contributed by atoms with Crippen molar-refractivity contribution in [1.82, 2.24) is 15.1 Å². The fourth-order valence-electron chi connectivity index (χ4n) is 4.11. The van der Waals surface area contributed by atoms with Crippen molar-refractivity contribution in [2.75, 3.05) is 19.7 Å². The number of benzene rings is 2. The van der Waals surface area contributed by atoms with Crippen LogP contribution in [0.3, 0.4) is 0 Å². The number of nitrogens with zero attached hydrogens (tertiary/aromatic N) is 2. The van der Waals surface area contributed by atoms with Crippen LogP contribution >= 0.6 is 0 Å². The predicted molar refractivity (Wildman–Crippen MR) is 120 cm³/mol. The minimum Gasteiger partial charge on any atom is -0.449 e. The van der Waals surface area contributed by atoms with Crippen LogP contribution in [0.5, 0.6) is 0 Å². The van der Waals surface area contributed by atoms with E-state index in [-0.39, 0.29) is 12.0 Å². The molecule has 0 unspecified atom stereocenters. The zero-order chi connectivity index (χ0) is 22.0. The molecule has 4 rings (SSSR count). The molecule has 1 aromatic heterocycles. The molecule has 0 radical (unpaired) electrons. The van der Waals surface area contributed by atoms with E-state index in [0.29, 0.717) is 36.7 Å². The third-order valence-corrected chi connectivity index (χ3v) is 5.76. The van der Waals surface area contributed by atoms with E-state index in [1.54, 1.807) is 4.90 Å². The highest BCUT2D eigenvalue weighted by atomic mass is 16.6. The maximum atomic E-state index is 12.3. The number of nitrogens with one attached hydrogen (secondary N) is 1. The lowest BCUT2D eigenvalue weighted by Crippen LogP contribution is -2.38. The molecule has 0 aliphatic carbocycles. The average molecular weight is 421 g/mol. The minimum atomic E-state index is -0.485. The lowest BCUT2D eigenvalue weighted by molar-refractivity contribution is 0.0833. The topological polar surface area (TPSA) is 101 Å². The highest BCUT2D eigenvalue weighted by molar-refractivity contribution is 6.07. The molecule has 2 amide bonds. The van der Waals surface area contributed by atoms with Crippen molar-refractivity contribution in [1.29, 1.82) is 0 Å². The van der Waals surface area contributed by atoms with Gasteiger partial charge in [-0.1, -0.05) is 44.2 Å². The molecule has 0 spiro atoms. The van der Waals surface area contributed by atoms with Crippen LogP contribution in [0.25, 0.3) is 22.0 Å². The van der Waals surface area contributed by atoms with Gasteiger partial charge in [-0.2, -0.15) is 5.10 Å². The number of rotatable bonds is 5. The molecule has 0 saturated carbocycles. The molecule has 3 N–H and O–H groups in total. The summed E-state index contributed by atoms with van der Waals surface area (Å²) < 4.78 is 5.36. The summed E-state index contributed by atoms with van der Waals surface area (Å²) in [6.07, 6.45) is 1.33. The SMILES string of the molecule is CC(C)COC(=O)N1CCC(c2n[nH]c3c(C(N)=O)cc(-c4ccccc4)cc23)CC1. The van der Waals surface area contributed by atoms with Gasteiger partial charge in [0.1, 0.15) is 0 Å². The van der Waals surface area contributed by atoms with Gasteiger partial charge in [0.05, 0.1) is 23.4 Å². The number of amides is 2. The molecule has 7 nitrogen and oxygen atoms in total. The van der Waals surface area contributed by atoms with Gasteiger partial charge in [0, 0.05) is 24.4 Å². The summed E-state index contributed by atoms with van der Waals surface area (Å²) in [7, 11) is 0. The Bertz CT molecular complexity index is 1080. The predicted octanol–water partition coefficient (Wildman–Crippen LogP) is 4.30. The molecule has 0 bridgehead atoms. The molecular formula is C24H28N4O3. The average Bonchev–Trinajstić information content (AvgIpc) is 3.21. The number of carbonyl (C=O) groups is 2. The number of aromatic nitrogens is 2. The summed E-state index contributed by atoms with van der Waals surface area (Å²) in [6, 6.07) is 13.8. The van der Waals surface area contributed by atoms with Crippen LogP contribution in [0.15, 0.2) is 42.5 Å². The van der Waals surface area contributed by atoms with Crippen molar-refractivity contribution < 1.29 is 14.3 Å². The van der Waals surface area contributed by atoms with E-state index in [4.69, 9.17) is 10.5 Å². The molecule has 1 saturated heterocycles. The van der Waals surface area contributed by atoms with Crippen LogP contribution in [0.1, 0.15) is 48.7 Å². The Kier molecular flexibility index (Phi) is 5.93. The molecule has 1 aliphatic heterocycles. The van der Waals surface area contributed by atoms with E-state index in [2.05, 4.69) is 16.3 Å². The highest BCUT2D eigenvalue weighted by Gasteiger charge is 2.28. The maximum absolute atomic E-state index is 12.3. The number of fused-ring (bicyclic) bond motifs is 1. The van der Waals surface area contributed by atoms with E-state index in [1.165, 1.54) is 0 Å². The lowest BCUT2D eigenvalue weighted by Gasteiger charge is -2.31. The summed E-state index contributed by atoms with van der Waals surface area (Å²) in [5, 5.41) is 8.50. The Morgan fingerprint density at radius 3 is 2.52 bits per heavy atom. The lowest BCUT2D eigenvalue weighted by atomic mass is 9.90. The number of aromatic amines is 1. The third kappa shape index (κ3) is 4.40. The summed E-state index contributed by atoms with van der Waals surface area (Å²) in [5.74, 6) is 0.0190. The van der Waals surface area contributed by atoms with Crippen molar-refractivity contribution in [3.8, 4) is 11.1 Å². The zero-order valence-electron chi connectivity index (χ0n) is 17.9. The van der Waals surface area contributed by atoms with E-state index in [1.807, 2.05) is 50.2 Å². The zero-order valence-corrected chi connectivity index (χ0v) is 17.9. The highest BCUT2D eigenvalue weighted by Crippen LogP contribution is 2.35. The van der Waals surface area contributed by atoms with Crippen molar-refractivity contribution in [2.45, 2.75) is 32.6 Å². The Morgan fingerprint density at radius 2 is 1.87 bits per heavy atom. The number of primary amides is 1. The number of carbonyl (C=O) groups excluding carboxylic acids is 2. The van der Waals surface area contributed by atoms with Gasteiger partial charge in [0.2, 0.25) is 0 Å². The molecular weight excluding hydrogens is 392 g/mol. The molecule has 162 valence electrons. The fourth-order valence-corrected chi connectivity index (χ4v) is 4.11. The molecule has 7 heteroatoms. The monoisotopic (exact) mass is 420 g/mol. The number of piperidine rings is 1. The second-order valence-electron chi connectivity index (χ2n) is 8.52. The van der Waals surface area contributed by atoms with Gasteiger partial charge in [-0.3, -0.25) is 9.89 Å². The number of nitrogens with two attached hydrogens (primary N) is 1. The Balaban J connectivity index is 1.60. The van der Waals surface area contributed by atoms with Crippen molar-refractivity contribution >= 4 is 22.9 Å². The summed E-state index contributed by atoms with van der Waals surface area (Å²) in [6.45, 7) is 5.72. The molecule has 2 aromatic carbocycles. The number of hydrogen-bond acceptors (Lipinski definition) is 4. The van der Waals surface area contributed by atoms with E-state index in [0.717, 1.165) is 35.0 Å². The van der Waals surface area contributed by atoms with E-state index in [9.17, 15) is 9.59 Å². The molecule has 3 aromatic rings. The van der Waals surface area contributed by atoms with Crippen LogP contribution in [0.4, 0.5) is 4.79 Å². The van der Waals surface area contributed by atoms with Crippen LogP contribution in [-0.4, -0.2) is 46.8 Å². The smallest absolute Gasteiger partial charge is 0.409 e. The van der Waals surface area contributed by atoms with Gasteiger partial charge in [0.25, 0.3) is 5.91 Å². The van der Waals surface area contributed by atoms with Crippen LogP contribution < -0.4 is 5.73 Å². The first kappa shape index (κ1) is 20.9. The molecule has 1 fully saturated rings. The summed E-state index contributed by atoms with van der Waals surface area (Å²) in [5.41, 5.74) is 9.64. The van der Waals surface area contributed by atoms with E-state index < -0.39 is 5.91 Å². The Morgan fingerprint density at radius 1 is 1.16 bits per heavy atom. The number of ether oxygens (including phenoxy) is 1. The van der Waals surface area contributed by atoms with Crippen LogP contribution in [0.2, 0.25) is 0 Å². The van der Waals surface area contributed by atoms with Gasteiger partial charge in [-0.15, -0.1) is 0 Å². The van der Waals surface area contributed by atoms with Gasteiger partial charge < -0.3 is 15.4 Å². The quantitative estimate of drug-likeness (QED) is 0.642. The normalized spacial score (nSPS) is 14.9. The second kappa shape index (κ2) is 8.79. The Labute approximate surface area is 181 Å².